The number of benzene rings is 1. The number of carbonyl (C=O) groups excluding carboxylic acids is 1. The maximum Gasteiger partial charge on any atom is 0.247 e. The summed E-state index contributed by atoms with van der Waals surface area (Å²) < 4.78 is 0. The molecule has 3 nitrogen and oxygen atoms in total. The van der Waals surface area contributed by atoms with E-state index in [1.807, 2.05) is 41.5 Å². The van der Waals surface area contributed by atoms with E-state index in [0.29, 0.717) is 12.6 Å². The zero-order valence-electron chi connectivity index (χ0n) is 12.0. The van der Waals surface area contributed by atoms with Gasteiger partial charge in [0, 0.05) is 24.0 Å². The van der Waals surface area contributed by atoms with Gasteiger partial charge >= 0.3 is 0 Å². The zero-order valence-corrected chi connectivity index (χ0v) is 12.8. The van der Waals surface area contributed by atoms with Gasteiger partial charge < -0.3 is 4.90 Å². The molecule has 1 aromatic heterocycles. The molecule has 108 valence electrons. The van der Waals surface area contributed by atoms with Crippen molar-refractivity contribution in [1.29, 1.82) is 0 Å². The number of carbonyl (C=O) groups is 1. The summed E-state index contributed by atoms with van der Waals surface area (Å²) in [5.74, 6) is 0.0759. The second kappa shape index (κ2) is 6.22. The number of hydrogen-bond acceptors (Lipinski definition) is 3. The first-order valence-corrected chi connectivity index (χ1v) is 8.05. The molecule has 0 N–H and O–H groups in total. The van der Waals surface area contributed by atoms with Crippen LogP contribution in [0.4, 0.5) is 0 Å². The molecule has 3 rings (SSSR count). The Hall–Kier alpha value is -1.94. The van der Waals surface area contributed by atoms with Crippen molar-refractivity contribution in [3.63, 3.8) is 0 Å². The van der Waals surface area contributed by atoms with E-state index in [2.05, 4.69) is 17.1 Å². The quantitative estimate of drug-likeness (QED) is 0.789. The van der Waals surface area contributed by atoms with Gasteiger partial charge in [-0.25, -0.2) is 4.98 Å². The molecule has 4 heteroatoms. The van der Waals surface area contributed by atoms with E-state index in [4.69, 9.17) is 0 Å². The van der Waals surface area contributed by atoms with E-state index in [1.54, 1.807) is 17.4 Å². The monoisotopic (exact) mass is 298 g/mol. The molecule has 0 radical (unpaired) electrons. The second-order valence-electron chi connectivity index (χ2n) is 5.31. The van der Waals surface area contributed by atoms with Crippen LogP contribution in [0.1, 0.15) is 29.1 Å². The van der Waals surface area contributed by atoms with Crippen LogP contribution in [-0.2, 0) is 11.3 Å². The van der Waals surface area contributed by atoms with Crippen molar-refractivity contribution in [1.82, 2.24) is 9.88 Å². The number of thiazole rings is 1. The average molecular weight is 298 g/mol. The smallest absolute Gasteiger partial charge is 0.247 e. The lowest BCUT2D eigenvalue weighted by atomic mass is 10.2. The van der Waals surface area contributed by atoms with Crippen LogP contribution in [0, 0.1) is 6.92 Å². The molecule has 1 aliphatic rings. The Morgan fingerprint density at radius 1 is 1.38 bits per heavy atom. The lowest BCUT2D eigenvalue weighted by Crippen LogP contribution is -2.31. The van der Waals surface area contributed by atoms with E-state index in [-0.39, 0.29) is 5.91 Å². The Balaban J connectivity index is 1.69. The second-order valence-corrected chi connectivity index (χ2v) is 6.37. The van der Waals surface area contributed by atoms with Gasteiger partial charge in [-0.05, 0) is 31.4 Å². The first-order valence-electron chi connectivity index (χ1n) is 7.17. The van der Waals surface area contributed by atoms with E-state index in [1.165, 1.54) is 5.56 Å². The Kier molecular flexibility index (Phi) is 4.15. The van der Waals surface area contributed by atoms with E-state index < -0.39 is 0 Å². The number of nitrogens with zero attached hydrogens (tertiary/aromatic N) is 2. The summed E-state index contributed by atoms with van der Waals surface area (Å²) in [6.45, 7) is 2.65. The van der Waals surface area contributed by atoms with Gasteiger partial charge in [0.05, 0.1) is 10.7 Å². The molecule has 0 spiro atoms. The standard InChI is InChI=1S/C17H18N2OS/c1-13-18-15(12-21-13)7-10-17(20)19(16-8-9-16)11-14-5-3-2-4-6-14/h2-7,10,12,16H,8-9,11H2,1H3. The highest BCUT2D eigenvalue weighted by Gasteiger charge is 2.31. The van der Waals surface area contributed by atoms with Crippen molar-refractivity contribution in [3.05, 3.63) is 58.1 Å². The van der Waals surface area contributed by atoms with Crippen LogP contribution in [0.5, 0.6) is 0 Å². The van der Waals surface area contributed by atoms with Crippen LogP contribution in [0.15, 0.2) is 41.8 Å². The lowest BCUT2D eigenvalue weighted by molar-refractivity contribution is -0.127. The number of amides is 1. The largest absolute Gasteiger partial charge is 0.332 e. The maximum absolute atomic E-state index is 12.4. The third-order valence-corrected chi connectivity index (χ3v) is 4.29. The van der Waals surface area contributed by atoms with Gasteiger partial charge in [-0.15, -0.1) is 11.3 Å². The van der Waals surface area contributed by atoms with Gasteiger partial charge in [-0.1, -0.05) is 30.3 Å². The summed E-state index contributed by atoms with van der Waals surface area (Å²) in [5.41, 5.74) is 2.04. The SMILES string of the molecule is Cc1nc(C=CC(=O)N(Cc2ccccc2)C2CC2)cs1. The van der Waals surface area contributed by atoms with Gasteiger partial charge in [0.1, 0.15) is 0 Å². The molecule has 1 saturated carbocycles. The predicted molar refractivity (Wildman–Crippen MR) is 85.9 cm³/mol. The van der Waals surface area contributed by atoms with E-state index in [0.717, 1.165) is 23.5 Å². The summed E-state index contributed by atoms with van der Waals surface area (Å²) in [6.07, 6.45) is 5.69. The predicted octanol–water partition coefficient (Wildman–Crippen LogP) is 3.66. The van der Waals surface area contributed by atoms with Crippen molar-refractivity contribution in [2.75, 3.05) is 0 Å². The molecule has 2 aromatic rings. The summed E-state index contributed by atoms with van der Waals surface area (Å²) in [6, 6.07) is 10.6. The Morgan fingerprint density at radius 2 is 2.14 bits per heavy atom. The number of rotatable bonds is 5. The minimum atomic E-state index is 0.0759. The minimum Gasteiger partial charge on any atom is -0.332 e. The van der Waals surface area contributed by atoms with Crippen LogP contribution in [-0.4, -0.2) is 21.8 Å². The topological polar surface area (TPSA) is 33.2 Å². The molecular formula is C17H18N2OS. The number of aryl methyl sites for hydroxylation is 1. The fraction of sp³-hybridized carbons (Fsp3) is 0.294. The number of aromatic nitrogens is 1. The van der Waals surface area contributed by atoms with Crippen molar-refractivity contribution in [2.45, 2.75) is 32.4 Å². The zero-order chi connectivity index (χ0) is 14.7. The minimum absolute atomic E-state index is 0.0759. The first-order chi connectivity index (χ1) is 10.2. The van der Waals surface area contributed by atoms with Crippen LogP contribution in [0.2, 0.25) is 0 Å². The molecule has 0 saturated heterocycles. The van der Waals surface area contributed by atoms with Gasteiger partial charge in [0.2, 0.25) is 5.91 Å². The summed E-state index contributed by atoms with van der Waals surface area (Å²) >= 11 is 1.60. The fourth-order valence-corrected chi connectivity index (χ4v) is 2.84. The molecule has 0 unspecified atom stereocenters. The highest BCUT2D eigenvalue weighted by Crippen LogP contribution is 2.28. The molecule has 21 heavy (non-hydrogen) atoms. The average Bonchev–Trinajstić information content (AvgIpc) is 3.25. The van der Waals surface area contributed by atoms with Gasteiger partial charge in [-0.3, -0.25) is 4.79 Å². The van der Waals surface area contributed by atoms with Gasteiger partial charge in [0.15, 0.2) is 0 Å². The summed E-state index contributed by atoms with van der Waals surface area (Å²) in [5, 5.41) is 2.99. The Bertz CT molecular complexity index is 644. The Labute approximate surface area is 128 Å². The normalized spacial score (nSPS) is 14.5. The molecule has 0 atom stereocenters. The van der Waals surface area contributed by atoms with E-state index in [9.17, 15) is 4.79 Å². The fourth-order valence-electron chi connectivity index (χ4n) is 2.26. The van der Waals surface area contributed by atoms with E-state index >= 15 is 0 Å². The molecule has 1 aliphatic carbocycles. The molecule has 1 aromatic carbocycles. The molecule has 0 aliphatic heterocycles. The molecule has 0 bridgehead atoms. The highest BCUT2D eigenvalue weighted by molar-refractivity contribution is 7.09. The van der Waals surface area contributed by atoms with Crippen molar-refractivity contribution in [3.8, 4) is 0 Å². The first kappa shape index (κ1) is 14.0. The van der Waals surface area contributed by atoms with Crippen LogP contribution in [0.25, 0.3) is 6.08 Å². The molecule has 1 amide bonds. The van der Waals surface area contributed by atoms with Crippen molar-refractivity contribution < 1.29 is 4.79 Å². The maximum atomic E-state index is 12.4. The molecule has 1 heterocycles. The van der Waals surface area contributed by atoms with Crippen LogP contribution >= 0.6 is 11.3 Å². The van der Waals surface area contributed by atoms with Gasteiger partial charge in [0.25, 0.3) is 0 Å². The van der Waals surface area contributed by atoms with Crippen molar-refractivity contribution >= 4 is 23.3 Å². The summed E-state index contributed by atoms with van der Waals surface area (Å²) in [7, 11) is 0. The third kappa shape index (κ3) is 3.79. The highest BCUT2D eigenvalue weighted by atomic mass is 32.1. The van der Waals surface area contributed by atoms with Crippen LogP contribution < -0.4 is 0 Å². The summed E-state index contributed by atoms with van der Waals surface area (Å²) in [4.78, 5) is 18.7. The van der Waals surface area contributed by atoms with Crippen LogP contribution in [0.3, 0.4) is 0 Å². The lowest BCUT2D eigenvalue weighted by Gasteiger charge is -2.20. The van der Waals surface area contributed by atoms with Gasteiger partial charge in [-0.2, -0.15) is 0 Å². The third-order valence-electron chi connectivity index (χ3n) is 3.50. The molecule has 1 fully saturated rings. The number of hydrogen-bond donors (Lipinski definition) is 0. The van der Waals surface area contributed by atoms with Crippen molar-refractivity contribution in [2.24, 2.45) is 0 Å². The molecular weight excluding hydrogens is 280 g/mol. The Morgan fingerprint density at radius 3 is 2.76 bits per heavy atom.